The van der Waals surface area contributed by atoms with Crippen molar-refractivity contribution in [3.8, 4) is 0 Å². The second-order valence-electron chi connectivity index (χ2n) is 4.94. The summed E-state index contributed by atoms with van der Waals surface area (Å²) in [5, 5.41) is 3.67. The van der Waals surface area contributed by atoms with E-state index < -0.39 is 10.0 Å². The zero-order chi connectivity index (χ0) is 15.9. The summed E-state index contributed by atoms with van der Waals surface area (Å²) in [4.78, 5) is 0.273. The quantitative estimate of drug-likeness (QED) is 0.755. The molecule has 1 rings (SSSR count). The summed E-state index contributed by atoms with van der Waals surface area (Å²) in [7, 11) is -3.46. The Balaban J connectivity index is 3.04. The lowest BCUT2D eigenvalue weighted by atomic mass is 10.2. The van der Waals surface area contributed by atoms with Crippen LogP contribution in [-0.4, -0.2) is 32.4 Å². The zero-order valence-electron chi connectivity index (χ0n) is 13.0. The van der Waals surface area contributed by atoms with Crippen molar-refractivity contribution in [2.75, 3.05) is 19.6 Å². The average Bonchev–Trinajstić information content (AvgIpc) is 2.45. The third kappa shape index (κ3) is 4.95. The van der Waals surface area contributed by atoms with Crippen LogP contribution >= 0.6 is 11.6 Å². The fraction of sp³-hybridized carbons (Fsp3) is 0.600. The van der Waals surface area contributed by atoms with E-state index in [9.17, 15) is 8.42 Å². The van der Waals surface area contributed by atoms with E-state index in [1.165, 1.54) is 4.31 Å². The van der Waals surface area contributed by atoms with Crippen LogP contribution < -0.4 is 5.32 Å². The molecule has 0 atom stereocenters. The first-order chi connectivity index (χ1) is 9.97. The van der Waals surface area contributed by atoms with Gasteiger partial charge in [0, 0.05) is 24.7 Å². The predicted octanol–water partition coefficient (Wildman–Crippen LogP) is 3.26. The van der Waals surface area contributed by atoms with Gasteiger partial charge < -0.3 is 5.32 Å². The summed E-state index contributed by atoms with van der Waals surface area (Å²) in [6.45, 7) is 8.52. The van der Waals surface area contributed by atoms with Crippen molar-refractivity contribution >= 4 is 21.6 Å². The molecule has 0 spiro atoms. The van der Waals surface area contributed by atoms with Gasteiger partial charge in [-0.15, -0.1) is 0 Å². The van der Waals surface area contributed by atoms with Crippen LogP contribution in [0.25, 0.3) is 0 Å². The highest BCUT2D eigenvalue weighted by atomic mass is 35.5. The van der Waals surface area contributed by atoms with Crippen molar-refractivity contribution in [2.24, 2.45) is 0 Å². The summed E-state index contributed by atoms with van der Waals surface area (Å²) in [6.07, 6.45) is 1.59. The Morgan fingerprint density at radius 1 is 1.14 bits per heavy atom. The molecular weight excluding hydrogens is 308 g/mol. The highest BCUT2D eigenvalue weighted by molar-refractivity contribution is 7.89. The van der Waals surface area contributed by atoms with Crippen molar-refractivity contribution < 1.29 is 8.42 Å². The molecule has 0 aliphatic carbocycles. The summed E-state index contributed by atoms with van der Waals surface area (Å²) in [6, 6.07) is 4.99. The lowest BCUT2D eigenvalue weighted by Gasteiger charge is -2.21. The number of hydrogen-bond acceptors (Lipinski definition) is 3. The molecule has 4 nitrogen and oxygen atoms in total. The molecule has 0 radical (unpaired) electrons. The molecule has 6 heteroatoms. The topological polar surface area (TPSA) is 49.4 Å². The molecule has 0 aromatic heterocycles. The monoisotopic (exact) mass is 332 g/mol. The smallest absolute Gasteiger partial charge is 0.243 e. The van der Waals surface area contributed by atoms with Crippen LogP contribution in [0, 0.1) is 0 Å². The lowest BCUT2D eigenvalue weighted by molar-refractivity contribution is 0.410. The normalized spacial score (nSPS) is 12.0. The first-order valence-corrected chi connectivity index (χ1v) is 9.28. The SMILES string of the molecule is CCCN(CCC)S(=O)(=O)c1ccc(CNCC)c(Cl)c1. The van der Waals surface area contributed by atoms with E-state index in [0.717, 1.165) is 24.9 Å². The molecule has 0 aliphatic heterocycles. The third-order valence-corrected chi connectivity index (χ3v) is 5.42. The van der Waals surface area contributed by atoms with Crippen molar-refractivity contribution in [1.82, 2.24) is 9.62 Å². The number of halogens is 1. The van der Waals surface area contributed by atoms with Crippen LogP contribution in [0.5, 0.6) is 0 Å². The van der Waals surface area contributed by atoms with Gasteiger partial charge in [-0.1, -0.05) is 38.4 Å². The van der Waals surface area contributed by atoms with E-state index >= 15 is 0 Å². The van der Waals surface area contributed by atoms with Gasteiger partial charge in [-0.3, -0.25) is 0 Å². The van der Waals surface area contributed by atoms with Crippen LogP contribution in [0.15, 0.2) is 23.1 Å². The molecule has 0 unspecified atom stereocenters. The molecule has 0 bridgehead atoms. The number of nitrogens with one attached hydrogen (secondary N) is 1. The molecule has 0 saturated carbocycles. The van der Waals surface area contributed by atoms with E-state index in [1.807, 2.05) is 20.8 Å². The van der Waals surface area contributed by atoms with Crippen molar-refractivity contribution in [3.63, 3.8) is 0 Å². The van der Waals surface area contributed by atoms with Gasteiger partial charge >= 0.3 is 0 Å². The van der Waals surface area contributed by atoms with E-state index in [4.69, 9.17) is 11.6 Å². The van der Waals surface area contributed by atoms with Crippen molar-refractivity contribution in [3.05, 3.63) is 28.8 Å². The van der Waals surface area contributed by atoms with Crippen LogP contribution in [0.1, 0.15) is 39.2 Å². The van der Waals surface area contributed by atoms with Crippen molar-refractivity contribution in [2.45, 2.75) is 45.1 Å². The van der Waals surface area contributed by atoms with Crippen LogP contribution in [-0.2, 0) is 16.6 Å². The van der Waals surface area contributed by atoms with Gasteiger partial charge in [0.25, 0.3) is 0 Å². The maximum atomic E-state index is 12.6. The highest BCUT2D eigenvalue weighted by Crippen LogP contribution is 2.23. The molecule has 0 fully saturated rings. The summed E-state index contributed by atoms with van der Waals surface area (Å²) in [5.41, 5.74) is 0.912. The standard InChI is InChI=1S/C15H25ClN2O2S/c1-4-9-18(10-5-2)21(19,20)14-8-7-13(12-17-6-3)15(16)11-14/h7-8,11,17H,4-6,9-10,12H2,1-3H3. The summed E-state index contributed by atoms with van der Waals surface area (Å²) < 4.78 is 26.8. The summed E-state index contributed by atoms with van der Waals surface area (Å²) >= 11 is 6.21. The molecule has 21 heavy (non-hydrogen) atoms. The van der Waals surface area contributed by atoms with Crippen molar-refractivity contribution in [1.29, 1.82) is 0 Å². The van der Waals surface area contributed by atoms with Gasteiger partial charge in [-0.05, 0) is 37.1 Å². The molecular formula is C15H25ClN2O2S. The van der Waals surface area contributed by atoms with Gasteiger partial charge in [-0.25, -0.2) is 8.42 Å². The maximum absolute atomic E-state index is 12.6. The number of hydrogen-bond donors (Lipinski definition) is 1. The second-order valence-corrected chi connectivity index (χ2v) is 7.28. The Morgan fingerprint density at radius 2 is 1.76 bits per heavy atom. The van der Waals surface area contributed by atoms with Gasteiger partial charge in [0.2, 0.25) is 10.0 Å². The molecule has 0 heterocycles. The molecule has 1 N–H and O–H groups in total. The minimum Gasteiger partial charge on any atom is -0.313 e. The molecule has 120 valence electrons. The first-order valence-electron chi connectivity index (χ1n) is 7.46. The van der Waals surface area contributed by atoms with Crippen LogP contribution in [0.3, 0.4) is 0 Å². The number of benzene rings is 1. The van der Waals surface area contributed by atoms with Gasteiger partial charge in [0.1, 0.15) is 0 Å². The molecule has 1 aromatic carbocycles. The minimum atomic E-state index is -3.46. The molecule has 0 amide bonds. The number of rotatable bonds is 9. The first kappa shape index (κ1) is 18.4. The Hall–Kier alpha value is -0.620. The van der Waals surface area contributed by atoms with Gasteiger partial charge in [-0.2, -0.15) is 4.31 Å². The number of sulfonamides is 1. The van der Waals surface area contributed by atoms with Crippen LogP contribution in [0.4, 0.5) is 0 Å². The Morgan fingerprint density at radius 3 is 2.24 bits per heavy atom. The Labute approximate surface area is 133 Å². The molecule has 1 aromatic rings. The number of nitrogens with zero attached hydrogens (tertiary/aromatic N) is 1. The van der Waals surface area contributed by atoms with Gasteiger partial charge in [0.05, 0.1) is 4.90 Å². The Bertz CT molecular complexity index is 541. The summed E-state index contributed by atoms with van der Waals surface area (Å²) in [5.74, 6) is 0. The van der Waals surface area contributed by atoms with Crippen LogP contribution in [0.2, 0.25) is 5.02 Å². The second kappa shape index (κ2) is 8.73. The highest BCUT2D eigenvalue weighted by Gasteiger charge is 2.23. The van der Waals surface area contributed by atoms with E-state index in [1.54, 1.807) is 18.2 Å². The largest absolute Gasteiger partial charge is 0.313 e. The van der Waals surface area contributed by atoms with Gasteiger partial charge in [0.15, 0.2) is 0 Å². The fourth-order valence-electron chi connectivity index (χ4n) is 2.09. The average molecular weight is 333 g/mol. The lowest BCUT2D eigenvalue weighted by Crippen LogP contribution is -2.32. The van der Waals surface area contributed by atoms with E-state index in [-0.39, 0.29) is 4.90 Å². The third-order valence-electron chi connectivity index (χ3n) is 3.17. The fourth-order valence-corrected chi connectivity index (χ4v) is 4.05. The molecule has 0 aliphatic rings. The predicted molar refractivity (Wildman–Crippen MR) is 88.2 cm³/mol. The van der Waals surface area contributed by atoms with E-state index in [0.29, 0.717) is 24.7 Å². The minimum absolute atomic E-state index is 0.273. The maximum Gasteiger partial charge on any atom is 0.243 e. The Kier molecular flexibility index (Phi) is 7.66. The molecule has 0 saturated heterocycles. The zero-order valence-corrected chi connectivity index (χ0v) is 14.6. The van der Waals surface area contributed by atoms with E-state index in [2.05, 4.69) is 5.32 Å².